The van der Waals surface area contributed by atoms with Crippen molar-refractivity contribution < 1.29 is 4.79 Å². The number of nitrogens with zero attached hydrogens (tertiary/aromatic N) is 1. The minimum atomic E-state index is 0.0935. The van der Waals surface area contributed by atoms with Crippen molar-refractivity contribution in [1.82, 2.24) is 10.2 Å². The van der Waals surface area contributed by atoms with E-state index in [9.17, 15) is 4.79 Å². The molecule has 0 radical (unpaired) electrons. The molecular weight excluding hydrogens is 236 g/mol. The molecule has 0 spiro atoms. The first kappa shape index (κ1) is 13.4. The summed E-state index contributed by atoms with van der Waals surface area (Å²) in [4.78, 5) is 15.1. The maximum Gasteiger partial charge on any atom is 0.240 e. The lowest BCUT2D eigenvalue weighted by Crippen LogP contribution is -2.57. The number of amides is 1. The molecule has 1 N–H and O–H groups in total. The van der Waals surface area contributed by atoms with E-state index in [1.165, 1.54) is 32.1 Å². The van der Waals surface area contributed by atoms with Crippen LogP contribution >= 0.6 is 0 Å². The van der Waals surface area contributed by atoms with Gasteiger partial charge in [-0.3, -0.25) is 4.79 Å². The van der Waals surface area contributed by atoms with Crippen molar-refractivity contribution in [1.29, 1.82) is 0 Å². The average Bonchev–Trinajstić information content (AvgIpc) is 2.85. The van der Waals surface area contributed by atoms with E-state index < -0.39 is 0 Å². The van der Waals surface area contributed by atoms with Crippen LogP contribution in [0.15, 0.2) is 0 Å². The van der Waals surface area contributed by atoms with Crippen molar-refractivity contribution in [3.63, 3.8) is 0 Å². The van der Waals surface area contributed by atoms with Crippen molar-refractivity contribution >= 4 is 5.91 Å². The zero-order valence-corrected chi connectivity index (χ0v) is 12.4. The summed E-state index contributed by atoms with van der Waals surface area (Å²) in [5, 5.41) is 3.42. The third-order valence-corrected chi connectivity index (χ3v) is 5.82. The summed E-state index contributed by atoms with van der Waals surface area (Å²) in [5.74, 6) is 2.48. The standard InChI is InChI=1S/C16H28N2O/c1-11-8-10-18(14-6-4-3-5-13(11)14)16(19)15-12(2)7-9-17-15/h11-15,17H,3-10H2,1-2H3. The predicted molar refractivity (Wildman–Crippen MR) is 76.8 cm³/mol. The Kier molecular flexibility index (Phi) is 3.84. The summed E-state index contributed by atoms with van der Waals surface area (Å²) in [6, 6.07) is 0.635. The van der Waals surface area contributed by atoms with E-state index in [4.69, 9.17) is 0 Å². The maximum absolute atomic E-state index is 12.8. The van der Waals surface area contributed by atoms with E-state index in [1.807, 2.05) is 0 Å². The summed E-state index contributed by atoms with van der Waals surface area (Å²) >= 11 is 0. The van der Waals surface area contributed by atoms with Gasteiger partial charge < -0.3 is 10.2 Å². The van der Waals surface area contributed by atoms with Crippen LogP contribution in [-0.2, 0) is 4.79 Å². The molecule has 2 aliphatic heterocycles. The zero-order chi connectivity index (χ0) is 13.4. The second-order valence-electron chi connectivity index (χ2n) is 7.01. The van der Waals surface area contributed by atoms with Crippen LogP contribution in [0.4, 0.5) is 0 Å². The number of hydrogen-bond acceptors (Lipinski definition) is 2. The Morgan fingerprint density at radius 2 is 1.84 bits per heavy atom. The molecule has 1 aliphatic carbocycles. The van der Waals surface area contributed by atoms with Gasteiger partial charge in [-0.15, -0.1) is 0 Å². The molecule has 2 heterocycles. The van der Waals surface area contributed by atoms with Crippen molar-refractivity contribution in [3.05, 3.63) is 0 Å². The Bertz CT molecular complexity index is 344. The van der Waals surface area contributed by atoms with Gasteiger partial charge in [0.1, 0.15) is 0 Å². The lowest BCUT2D eigenvalue weighted by Gasteiger charge is -2.48. The Morgan fingerprint density at radius 3 is 2.58 bits per heavy atom. The highest BCUT2D eigenvalue weighted by Gasteiger charge is 2.42. The maximum atomic E-state index is 12.8. The SMILES string of the molecule is CC1CCNC1C(=O)N1CCC(C)C2CCCCC21. The molecule has 0 aromatic heterocycles. The summed E-state index contributed by atoms with van der Waals surface area (Å²) in [6.45, 7) is 6.61. The minimum absolute atomic E-state index is 0.0935. The van der Waals surface area contributed by atoms with Gasteiger partial charge >= 0.3 is 0 Å². The average molecular weight is 264 g/mol. The van der Waals surface area contributed by atoms with Gasteiger partial charge in [-0.2, -0.15) is 0 Å². The van der Waals surface area contributed by atoms with Crippen LogP contribution in [0.3, 0.4) is 0 Å². The van der Waals surface area contributed by atoms with Crippen molar-refractivity contribution in [2.75, 3.05) is 13.1 Å². The Hall–Kier alpha value is -0.570. The van der Waals surface area contributed by atoms with Gasteiger partial charge in [0, 0.05) is 12.6 Å². The Balaban J connectivity index is 1.74. The second-order valence-corrected chi connectivity index (χ2v) is 7.01. The molecule has 3 fully saturated rings. The fourth-order valence-corrected chi connectivity index (χ4v) is 4.53. The number of nitrogens with one attached hydrogen (secondary N) is 1. The highest BCUT2D eigenvalue weighted by atomic mass is 16.2. The largest absolute Gasteiger partial charge is 0.338 e. The van der Waals surface area contributed by atoms with Crippen LogP contribution in [0, 0.1) is 17.8 Å². The summed E-state index contributed by atoms with van der Waals surface area (Å²) < 4.78 is 0. The topological polar surface area (TPSA) is 32.3 Å². The molecule has 19 heavy (non-hydrogen) atoms. The zero-order valence-electron chi connectivity index (χ0n) is 12.4. The highest BCUT2D eigenvalue weighted by molar-refractivity contribution is 5.83. The molecule has 3 rings (SSSR count). The molecule has 1 amide bonds. The number of carbonyl (C=O) groups is 1. The highest BCUT2D eigenvalue weighted by Crippen LogP contribution is 2.39. The Morgan fingerprint density at radius 1 is 1.05 bits per heavy atom. The van der Waals surface area contributed by atoms with Gasteiger partial charge in [-0.05, 0) is 50.0 Å². The molecular formula is C16H28N2O. The molecule has 3 aliphatic rings. The first-order valence-electron chi connectivity index (χ1n) is 8.22. The van der Waals surface area contributed by atoms with Gasteiger partial charge in [0.25, 0.3) is 0 Å². The predicted octanol–water partition coefficient (Wildman–Crippen LogP) is 2.41. The third-order valence-electron chi connectivity index (χ3n) is 5.82. The van der Waals surface area contributed by atoms with Crippen LogP contribution in [0.2, 0.25) is 0 Å². The van der Waals surface area contributed by atoms with Gasteiger partial charge in [0.2, 0.25) is 5.91 Å². The molecule has 0 aromatic carbocycles. The van der Waals surface area contributed by atoms with Crippen LogP contribution in [0.25, 0.3) is 0 Å². The van der Waals surface area contributed by atoms with E-state index in [2.05, 4.69) is 24.1 Å². The smallest absolute Gasteiger partial charge is 0.240 e. The lowest BCUT2D eigenvalue weighted by molar-refractivity contribution is -0.141. The molecule has 0 aromatic rings. The number of fused-ring (bicyclic) bond motifs is 1. The Labute approximate surface area is 117 Å². The van der Waals surface area contributed by atoms with Gasteiger partial charge in [-0.25, -0.2) is 0 Å². The lowest BCUT2D eigenvalue weighted by atomic mass is 9.72. The van der Waals surface area contributed by atoms with Gasteiger partial charge in [0.05, 0.1) is 6.04 Å². The van der Waals surface area contributed by atoms with Gasteiger partial charge in [-0.1, -0.05) is 26.7 Å². The number of carbonyl (C=O) groups excluding carboxylic acids is 1. The van der Waals surface area contributed by atoms with Crippen LogP contribution in [0.1, 0.15) is 52.4 Å². The monoisotopic (exact) mass is 264 g/mol. The summed E-state index contributed by atoms with van der Waals surface area (Å²) in [5.41, 5.74) is 0. The van der Waals surface area contributed by atoms with Crippen LogP contribution in [0.5, 0.6) is 0 Å². The normalized spacial score (nSPS) is 43.1. The van der Waals surface area contributed by atoms with E-state index in [1.54, 1.807) is 0 Å². The van der Waals surface area contributed by atoms with E-state index in [0.29, 0.717) is 17.9 Å². The summed E-state index contributed by atoms with van der Waals surface area (Å²) in [7, 11) is 0. The quantitative estimate of drug-likeness (QED) is 0.789. The molecule has 0 bridgehead atoms. The summed E-state index contributed by atoms with van der Waals surface area (Å²) in [6.07, 6.45) is 7.60. The van der Waals surface area contributed by atoms with Crippen LogP contribution < -0.4 is 5.32 Å². The molecule has 2 saturated heterocycles. The first-order chi connectivity index (χ1) is 9.18. The first-order valence-corrected chi connectivity index (χ1v) is 8.22. The number of piperidine rings is 1. The molecule has 108 valence electrons. The number of likely N-dealkylation sites (tertiary alicyclic amines) is 1. The van der Waals surface area contributed by atoms with Crippen molar-refractivity contribution in [2.45, 2.75) is 64.5 Å². The van der Waals surface area contributed by atoms with Crippen LogP contribution in [-0.4, -0.2) is 36.0 Å². The second kappa shape index (κ2) is 5.43. The number of hydrogen-bond donors (Lipinski definition) is 1. The molecule has 1 saturated carbocycles. The molecule has 3 nitrogen and oxygen atoms in total. The fraction of sp³-hybridized carbons (Fsp3) is 0.938. The van der Waals surface area contributed by atoms with Crippen molar-refractivity contribution in [3.8, 4) is 0 Å². The van der Waals surface area contributed by atoms with Gasteiger partial charge in [0.15, 0.2) is 0 Å². The van der Waals surface area contributed by atoms with E-state index in [-0.39, 0.29) is 6.04 Å². The molecule has 5 atom stereocenters. The molecule has 3 heteroatoms. The van der Waals surface area contributed by atoms with E-state index in [0.717, 1.165) is 31.3 Å². The fourth-order valence-electron chi connectivity index (χ4n) is 4.53. The van der Waals surface area contributed by atoms with Crippen molar-refractivity contribution in [2.24, 2.45) is 17.8 Å². The molecule has 5 unspecified atom stereocenters. The minimum Gasteiger partial charge on any atom is -0.338 e. The number of rotatable bonds is 1. The third kappa shape index (κ3) is 2.42. The van der Waals surface area contributed by atoms with E-state index >= 15 is 0 Å².